The Hall–Kier alpha value is -1.04. The van der Waals surface area contributed by atoms with Crippen molar-refractivity contribution >= 4 is 5.97 Å². The molecule has 0 unspecified atom stereocenters. The van der Waals surface area contributed by atoms with E-state index in [4.69, 9.17) is 11.3 Å². The van der Waals surface area contributed by atoms with E-state index in [1.165, 1.54) is 0 Å². The van der Waals surface area contributed by atoms with Gasteiger partial charge in [-0.2, -0.15) is 0 Å². The van der Waals surface area contributed by atoms with Crippen LogP contribution >= 0.6 is 0 Å². The molecule has 0 aromatic rings. The highest BCUT2D eigenvalue weighted by atomic mass is 16.5. The molecule has 1 fully saturated rings. The van der Waals surface area contributed by atoms with Crippen molar-refractivity contribution in [3.63, 3.8) is 0 Å². The van der Waals surface area contributed by atoms with Gasteiger partial charge in [0.05, 0.1) is 6.61 Å². The monoisotopic (exact) mass is 153 g/mol. The van der Waals surface area contributed by atoms with Gasteiger partial charge in [0.15, 0.2) is 0 Å². The van der Waals surface area contributed by atoms with E-state index in [1.54, 1.807) is 6.92 Å². The van der Waals surface area contributed by atoms with Gasteiger partial charge in [-0.15, -0.1) is 0 Å². The summed E-state index contributed by atoms with van der Waals surface area (Å²) in [6.07, 6.45) is 1.66. The summed E-state index contributed by atoms with van der Waals surface area (Å²) < 4.78 is 4.84. The Bertz CT molecular complexity index is 201. The summed E-state index contributed by atoms with van der Waals surface area (Å²) in [5.74, 6) is -0.184. The maximum absolute atomic E-state index is 11.2. The highest BCUT2D eigenvalue weighted by molar-refractivity contribution is 5.80. The fraction of sp³-hybridized carbons (Fsp3) is 0.750. The molecule has 3 nitrogen and oxygen atoms in total. The molecular weight excluding hydrogens is 142 g/mol. The molecule has 0 saturated heterocycles. The van der Waals surface area contributed by atoms with E-state index >= 15 is 0 Å². The Morgan fingerprint density at radius 1 is 1.73 bits per heavy atom. The van der Waals surface area contributed by atoms with Gasteiger partial charge in [-0.3, -0.25) is 4.79 Å². The zero-order valence-corrected chi connectivity index (χ0v) is 6.59. The number of ether oxygens (including phenoxy) is 1. The Morgan fingerprint density at radius 2 is 2.36 bits per heavy atom. The van der Waals surface area contributed by atoms with Crippen LogP contribution in [0.15, 0.2) is 0 Å². The Labute approximate surface area is 66.2 Å². The average molecular weight is 153 g/mol. The quantitative estimate of drug-likeness (QED) is 0.451. The van der Waals surface area contributed by atoms with Gasteiger partial charge < -0.3 is 9.58 Å². The van der Waals surface area contributed by atoms with Crippen LogP contribution in [0.5, 0.6) is 0 Å². The Kier molecular flexibility index (Phi) is 2.13. The molecule has 1 saturated carbocycles. The molecular formula is C8H11NO2. The smallest absolute Gasteiger partial charge is 0.319 e. The molecule has 0 bridgehead atoms. The Morgan fingerprint density at radius 3 is 2.73 bits per heavy atom. The van der Waals surface area contributed by atoms with Crippen LogP contribution in [0.1, 0.15) is 19.8 Å². The van der Waals surface area contributed by atoms with Crippen LogP contribution in [0.3, 0.4) is 0 Å². The normalized spacial score (nSPS) is 18.5. The van der Waals surface area contributed by atoms with E-state index < -0.39 is 5.41 Å². The van der Waals surface area contributed by atoms with Gasteiger partial charge in [-0.1, -0.05) is 0 Å². The molecule has 0 aromatic carbocycles. The molecule has 60 valence electrons. The zero-order valence-electron chi connectivity index (χ0n) is 6.59. The lowest BCUT2D eigenvalue weighted by atomic mass is 10.1. The maximum Gasteiger partial charge on any atom is 0.319 e. The van der Waals surface area contributed by atoms with E-state index in [0.717, 1.165) is 12.8 Å². The number of carbonyl (C=O) groups is 1. The summed E-state index contributed by atoms with van der Waals surface area (Å²) in [5.41, 5.74) is -0.405. The second-order valence-electron chi connectivity index (χ2n) is 2.82. The minimum absolute atomic E-state index is 0.184. The van der Waals surface area contributed by atoms with E-state index in [0.29, 0.717) is 13.2 Å². The lowest BCUT2D eigenvalue weighted by Gasteiger charge is -2.05. The van der Waals surface area contributed by atoms with Crippen LogP contribution in [0.4, 0.5) is 0 Å². The lowest BCUT2D eigenvalue weighted by Crippen LogP contribution is -2.21. The molecule has 0 N–H and O–H groups in total. The number of carbonyl (C=O) groups excluding carboxylic acids is 1. The van der Waals surface area contributed by atoms with Crippen molar-refractivity contribution in [2.75, 3.05) is 13.2 Å². The third-order valence-electron chi connectivity index (χ3n) is 1.94. The van der Waals surface area contributed by atoms with E-state index in [9.17, 15) is 4.79 Å². The van der Waals surface area contributed by atoms with Gasteiger partial charge in [-0.05, 0) is 19.8 Å². The fourth-order valence-electron chi connectivity index (χ4n) is 1.01. The van der Waals surface area contributed by atoms with Crippen LogP contribution < -0.4 is 0 Å². The van der Waals surface area contributed by atoms with Crippen LogP contribution in [0, 0.1) is 12.0 Å². The molecule has 0 radical (unpaired) electrons. The first-order chi connectivity index (χ1) is 5.25. The number of esters is 1. The average Bonchev–Trinajstić information content (AvgIpc) is 2.71. The maximum atomic E-state index is 11.2. The largest absolute Gasteiger partial charge is 0.465 e. The van der Waals surface area contributed by atoms with E-state index in [1.807, 2.05) is 0 Å². The molecule has 0 amide bonds. The van der Waals surface area contributed by atoms with Crippen molar-refractivity contribution in [2.24, 2.45) is 5.41 Å². The van der Waals surface area contributed by atoms with E-state index in [-0.39, 0.29) is 5.97 Å². The first kappa shape index (κ1) is 8.06. The summed E-state index contributed by atoms with van der Waals surface area (Å²) in [7, 11) is 0. The first-order valence-electron chi connectivity index (χ1n) is 3.75. The summed E-state index contributed by atoms with van der Waals surface area (Å²) in [6.45, 7) is 9.14. The standard InChI is InChI=1S/C8H11NO2/c1-3-11-7(10)8(4-5-8)6-9-2/h3-6H2,1H3. The molecule has 0 spiro atoms. The summed E-state index contributed by atoms with van der Waals surface area (Å²) in [5, 5.41) is 0. The predicted octanol–water partition coefficient (Wildman–Crippen LogP) is 1.25. The molecule has 1 aliphatic carbocycles. The number of nitrogens with zero attached hydrogens (tertiary/aromatic N) is 1. The molecule has 1 aliphatic rings. The third-order valence-corrected chi connectivity index (χ3v) is 1.94. The second-order valence-corrected chi connectivity index (χ2v) is 2.82. The molecule has 11 heavy (non-hydrogen) atoms. The minimum Gasteiger partial charge on any atom is -0.465 e. The summed E-state index contributed by atoms with van der Waals surface area (Å²) in [4.78, 5) is 14.4. The summed E-state index contributed by atoms with van der Waals surface area (Å²) in [6, 6.07) is 0. The molecule has 0 atom stereocenters. The lowest BCUT2D eigenvalue weighted by molar-refractivity contribution is -0.148. The fourth-order valence-corrected chi connectivity index (χ4v) is 1.01. The van der Waals surface area contributed by atoms with Crippen LogP contribution in [-0.4, -0.2) is 19.1 Å². The van der Waals surface area contributed by atoms with Gasteiger partial charge in [-0.25, -0.2) is 6.57 Å². The third kappa shape index (κ3) is 1.51. The topological polar surface area (TPSA) is 30.7 Å². The summed E-state index contributed by atoms with van der Waals surface area (Å²) >= 11 is 0. The molecule has 1 rings (SSSR count). The van der Waals surface area contributed by atoms with Crippen molar-refractivity contribution in [1.29, 1.82) is 0 Å². The molecule has 3 heteroatoms. The van der Waals surface area contributed by atoms with Crippen molar-refractivity contribution in [3.8, 4) is 0 Å². The molecule has 0 heterocycles. The predicted molar refractivity (Wildman–Crippen MR) is 39.8 cm³/mol. The highest BCUT2D eigenvalue weighted by Gasteiger charge is 2.54. The van der Waals surface area contributed by atoms with Crippen LogP contribution in [-0.2, 0) is 9.53 Å². The van der Waals surface area contributed by atoms with Crippen molar-refractivity contribution in [1.82, 2.24) is 0 Å². The molecule has 0 aromatic heterocycles. The van der Waals surface area contributed by atoms with Gasteiger partial charge in [0.25, 0.3) is 0 Å². The first-order valence-corrected chi connectivity index (χ1v) is 3.75. The van der Waals surface area contributed by atoms with Gasteiger partial charge in [0.2, 0.25) is 6.54 Å². The number of rotatable bonds is 3. The second kappa shape index (κ2) is 2.91. The van der Waals surface area contributed by atoms with Gasteiger partial charge >= 0.3 is 5.97 Å². The number of hydrogen-bond donors (Lipinski definition) is 0. The SMILES string of the molecule is [C-]#[N+]CC1(C(=O)OCC)CC1. The molecule has 0 aliphatic heterocycles. The minimum atomic E-state index is -0.405. The van der Waals surface area contributed by atoms with Gasteiger partial charge in [0, 0.05) is 0 Å². The number of hydrogen-bond acceptors (Lipinski definition) is 2. The highest BCUT2D eigenvalue weighted by Crippen LogP contribution is 2.46. The van der Waals surface area contributed by atoms with Crippen molar-refractivity contribution in [3.05, 3.63) is 11.4 Å². The zero-order chi connectivity index (χ0) is 8.32. The Balaban J connectivity index is 2.46. The van der Waals surface area contributed by atoms with Gasteiger partial charge in [0.1, 0.15) is 5.41 Å². The van der Waals surface area contributed by atoms with Crippen LogP contribution in [0.2, 0.25) is 0 Å². The van der Waals surface area contributed by atoms with Crippen molar-refractivity contribution in [2.45, 2.75) is 19.8 Å². The van der Waals surface area contributed by atoms with Crippen LogP contribution in [0.25, 0.3) is 4.85 Å². The van der Waals surface area contributed by atoms with Crippen molar-refractivity contribution < 1.29 is 9.53 Å². The van der Waals surface area contributed by atoms with E-state index in [2.05, 4.69) is 4.85 Å².